The van der Waals surface area contributed by atoms with Gasteiger partial charge in [-0.3, -0.25) is 9.59 Å². The van der Waals surface area contributed by atoms with Crippen molar-refractivity contribution in [1.82, 2.24) is 20.1 Å². The molecule has 0 bridgehead atoms. The van der Waals surface area contributed by atoms with Crippen LogP contribution < -0.4 is 5.32 Å². The zero-order chi connectivity index (χ0) is 17.5. The van der Waals surface area contributed by atoms with Crippen LogP contribution in [0.15, 0.2) is 24.4 Å². The molecule has 2 rings (SSSR count). The van der Waals surface area contributed by atoms with Crippen molar-refractivity contribution in [2.45, 2.75) is 46.1 Å². The molecule has 24 heavy (non-hydrogen) atoms. The molecule has 0 aliphatic heterocycles. The fourth-order valence-electron chi connectivity index (χ4n) is 2.36. The number of carbonyl (C=O) groups excluding carboxylic acids is 1. The van der Waals surface area contributed by atoms with Crippen molar-refractivity contribution >= 4 is 11.9 Å². The molecule has 0 radical (unpaired) electrons. The quantitative estimate of drug-likeness (QED) is 0.723. The van der Waals surface area contributed by atoms with E-state index in [1.807, 2.05) is 32.0 Å². The summed E-state index contributed by atoms with van der Waals surface area (Å²) in [6.07, 6.45) is 3.25. The second-order valence-electron chi connectivity index (χ2n) is 5.74. The Morgan fingerprint density at radius 1 is 1.21 bits per heavy atom. The van der Waals surface area contributed by atoms with Crippen LogP contribution in [-0.4, -0.2) is 31.7 Å². The Morgan fingerprint density at radius 3 is 2.54 bits per heavy atom. The van der Waals surface area contributed by atoms with Gasteiger partial charge in [-0.2, -0.15) is 5.10 Å². The standard InChI is InChI=1S/C17H22N4O3/c1-12-9-13(2)21(20-12)15-8-7-14(10-18-15)11-19-16(22)5-3-4-6-17(23)24/h7-10H,3-6,11H2,1-2H3,(H,19,22)(H,23,24). The van der Waals surface area contributed by atoms with E-state index in [1.165, 1.54) is 0 Å². The minimum atomic E-state index is -0.829. The maximum absolute atomic E-state index is 11.7. The number of aromatic nitrogens is 3. The fourth-order valence-corrected chi connectivity index (χ4v) is 2.36. The molecule has 7 nitrogen and oxygen atoms in total. The molecule has 2 aromatic rings. The van der Waals surface area contributed by atoms with Gasteiger partial charge in [-0.15, -0.1) is 0 Å². The van der Waals surface area contributed by atoms with E-state index in [-0.39, 0.29) is 12.3 Å². The first kappa shape index (κ1) is 17.7. The van der Waals surface area contributed by atoms with Crippen molar-refractivity contribution in [3.8, 4) is 5.82 Å². The van der Waals surface area contributed by atoms with Crippen LogP contribution in [0.4, 0.5) is 0 Å². The highest BCUT2D eigenvalue weighted by molar-refractivity contribution is 5.75. The Kier molecular flexibility index (Phi) is 6.06. The largest absolute Gasteiger partial charge is 0.481 e. The molecule has 7 heteroatoms. The Balaban J connectivity index is 1.80. The van der Waals surface area contributed by atoms with Crippen LogP contribution in [-0.2, 0) is 16.1 Å². The van der Waals surface area contributed by atoms with Gasteiger partial charge in [0.1, 0.15) is 0 Å². The van der Waals surface area contributed by atoms with Gasteiger partial charge in [0.25, 0.3) is 0 Å². The van der Waals surface area contributed by atoms with E-state index in [1.54, 1.807) is 10.9 Å². The average Bonchev–Trinajstić information content (AvgIpc) is 2.88. The van der Waals surface area contributed by atoms with Crippen LogP contribution in [0.5, 0.6) is 0 Å². The highest BCUT2D eigenvalue weighted by Gasteiger charge is 2.06. The van der Waals surface area contributed by atoms with Crippen LogP contribution in [0.25, 0.3) is 5.82 Å². The van der Waals surface area contributed by atoms with Crippen LogP contribution in [0.2, 0.25) is 0 Å². The maximum Gasteiger partial charge on any atom is 0.303 e. The third kappa shape index (κ3) is 5.19. The topological polar surface area (TPSA) is 97.1 Å². The van der Waals surface area contributed by atoms with Gasteiger partial charge in [-0.25, -0.2) is 9.67 Å². The minimum absolute atomic E-state index is 0.0805. The number of amides is 1. The summed E-state index contributed by atoms with van der Waals surface area (Å²) in [5.74, 6) is -0.170. The zero-order valence-corrected chi connectivity index (χ0v) is 14.0. The summed E-state index contributed by atoms with van der Waals surface area (Å²) in [7, 11) is 0. The van der Waals surface area contributed by atoms with Gasteiger partial charge in [0.2, 0.25) is 5.91 Å². The van der Waals surface area contributed by atoms with E-state index in [0.717, 1.165) is 22.8 Å². The first-order valence-electron chi connectivity index (χ1n) is 7.93. The lowest BCUT2D eigenvalue weighted by atomic mass is 10.2. The lowest BCUT2D eigenvalue weighted by Crippen LogP contribution is -2.22. The minimum Gasteiger partial charge on any atom is -0.481 e. The van der Waals surface area contributed by atoms with Gasteiger partial charge >= 0.3 is 5.97 Å². The molecule has 128 valence electrons. The number of hydrogen-bond donors (Lipinski definition) is 2. The van der Waals surface area contributed by atoms with Crippen molar-refractivity contribution in [2.75, 3.05) is 0 Å². The van der Waals surface area contributed by atoms with E-state index in [2.05, 4.69) is 15.4 Å². The molecule has 0 aliphatic rings. The van der Waals surface area contributed by atoms with Gasteiger partial charge in [0.05, 0.1) is 5.69 Å². The number of nitrogens with zero attached hydrogens (tertiary/aromatic N) is 3. The summed E-state index contributed by atoms with van der Waals surface area (Å²) < 4.78 is 1.78. The first-order valence-corrected chi connectivity index (χ1v) is 7.93. The number of rotatable bonds is 8. The number of aliphatic carboxylic acids is 1. The summed E-state index contributed by atoms with van der Waals surface area (Å²) in [4.78, 5) is 26.5. The third-order valence-corrected chi connectivity index (χ3v) is 3.57. The number of aryl methyl sites for hydroxylation is 2. The van der Waals surface area contributed by atoms with Crippen LogP contribution in [0.3, 0.4) is 0 Å². The number of carboxylic acid groups (broad SMARTS) is 1. The van der Waals surface area contributed by atoms with Crippen molar-refractivity contribution in [1.29, 1.82) is 0 Å². The second kappa shape index (κ2) is 8.24. The van der Waals surface area contributed by atoms with Gasteiger partial charge < -0.3 is 10.4 Å². The normalized spacial score (nSPS) is 10.6. The molecule has 0 unspecified atom stereocenters. The molecule has 0 saturated carbocycles. The molecule has 0 saturated heterocycles. The Hall–Kier alpha value is -2.70. The second-order valence-corrected chi connectivity index (χ2v) is 5.74. The molecular weight excluding hydrogens is 308 g/mol. The average molecular weight is 330 g/mol. The summed E-state index contributed by atoms with van der Waals surface area (Å²) in [5, 5.41) is 15.7. The molecular formula is C17H22N4O3. The summed E-state index contributed by atoms with van der Waals surface area (Å²) >= 11 is 0. The van der Waals surface area contributed by atoms with Crippen LogP contribution >= 0.6 is 0 Å². The summed E-state index contributed by atoms with van der Waals surface area (Å²) in [6.45, 7) is 4.31. The monoisotopic (exact) mass is 330 g/mol. The number of carbonyl (C=O) groups is 2. The molecule has 2 N–H and O–H groups in total. The molecule has 2 heterocycles. The third-order valence-electron chi connectivity index (χ3n) is 3.57. The number of hydrogen-bond acceptors (Lipinski definition) is 4. The number of nitrogens with one attached hydrogen (secondary N) is 1. The Labute approximate surface area is 140 Å². The molecule has 0 fully saturated rings. The molecule has 1 amide bonds. The van der Waals surface area contributed by atoms with Crippen molar-refractivity contribution in [2.24, 2.45) is 0 Å². The molecule has 0 spiro atoms. The van der Waals surface area contributed by atoms with Gasteiger partial charge in [-0.1, -0.05) is 6.07 Å². The molecule has 0 aromatic carbocycles. The van der Waals surface area contributed by atoms with Crippen LogP contribution in [0, 0.1) is 13.8 Å². The lowest BCUT2D eigenvalue weighted by molar-refractivity contribution is -0.137. The smallest absolute Gasteiger partial charge is 0.303 e. The van der Waals surface area contributed by atoms with E-state index in [9.17, 15) is 9.59 Å². The Morgan fingerprint density at radius 2 is 1.96 bits per heavy atom. The predicted octanol–water partition coefficient (Wildman–Crippen LogP) is 2.15. The molecule has 0 atom stereocenters. The highest BCUT2D eigenvalue weighted by Crippen LogP contribution is 2.10. The van der Waals surface area contributed by atoms with Crippen molar-refractivity contribution < 1.29 is 14.7 Å². The van der Waals surface area contributed by atoms with E-state index in [4.69, 9.17) is 5.11 Å². The maximum atomic E-state index is 11.7. The van der Waals surface area contributed by atoms with E-state index >= 15 is 0 Å². The number of carboxylic acids is 1. The van der Waals surface area contributed by atoms with Crippen molar-refractivity contribution in [3.63, 3.8) is 0 Å². The van der Waals surface area contributed by atoms with Gasteiger partial charge in [0, 0.05) is 31.3 Å². The summed E-state index contributed by atoms with van der Waals surface area (Å²) in [5.41, 5.74) is 2.86. The fraction of sp³-hybridized carbons (Fsp3) is 0.412. The first-order chi connectivity index (χ1) is 11.5. The van der Waals surface area contributed by atoms with Gasteiger partial charge in [0.15, 0.2) is 5.82 Å². The highest BCUT2D eigenvalue weighted by atomic mass is 16.4. The Bertz CT molecular complexity index is 707. The molecule has 2 aromatic heterocycles. The lowest BCUT2D eigenvalue weighted by Gasteiger charge is -2.07. The summed E-state index contributed by atoms with van der Waals surface area (Å²) in [6, 6.07) is 5.76. The predicted molar refractivity (Wildman–Crippen MR) is 88.8 cm³/mol. The van der Waals surface area contributed by atoms with Crippen LogP contribution in [0.1, 0.15) is 42.6 Å². The molecule has 0 aliphatic carbocycles. The number of unbranched alkanes of at least 4 members (excludes halogenated alkanes) is 1. The number of pyridine rings is 1. The van der Waals surface area contributed by atoms with Gasteiger partial charge in [-0.05, 0) is 44.4 Å². The van der Waals surface area contributed by atoms with E-state index < -0.39 is 5.97 Å². The SMILES string of the molecule is Cc1cc(C)n(-c2ccc(CNC(=O)CCCCC(=O)O)cn2)n1. The van der Waals surface area contributed by atoms with Crippen molar-refractivity contribution in [3.05, 3.63) is 41.3 Å². The zero-order valence-electron chi connectivity index (χ0n) is 14.0. The van der Waals surface area contributed by atoms with E-state index in [0.29, 0.717) is 25.8 Å².